The molecule has 2 heterocycles. The van der Waals surface area contributed by atoms with Crippen LogP contribution in [0, 0.1) is 0 Å². The molecule has 98 valence electrons. The Morgan fingerprint density at radius 1 is 1.26 bits per heavy atom. The molecule has 1 aromatic heterocycles. The minimum Gasteiger partial charge on any atom is -0.354 e. The summed E-state index contributed by atoms with van der Waals surface area (Å²) in [6.45, 7) is 1.78. The third-order valence-electron chi connectivity index (χ3n) is 3.12. The van der Waals surface area contributed by atoms with Crippen molar-refractivity contribution in [3.05, 3.63) is 29.5 Å². The van der Waals surface area contributed by atoms with E-state index in [0.717, 1.165) is 29.7 Å². The van der Waals surface area contributed by atoms with Gasteiger partial charge in [0.05, 0.1) is 12.1 Å². The van der Waals surface area contributed by atoms with Gasteiger partial charge in [0.25, 0.3) is 0 Å². The maximum Gasteiger partial charge on any atom is 0.239 e. The van der Waals surface area contributed by atoms with E-state index in [9.17, 15) is 4.79 Å². The van der Waals surface area contributed by atoms with Gasteiger partial charge in [0.2, 0.25) is 11.2 Å². The number of carbonyl (C=O) groups is 1. The number of nitrogens with one attached hydrogen (secondary N) is 1. The Bertz CT molecular complexity index is 631. The Morgan fingerprint density at radius 3 is 3.00 bits per heavy atom. The predicted molar refractivity (Wildman–Crippen MR) is 74.4 cm³/mol. The zero-order valence-electron chi connectivity index (χ0n) is 10.3. The second-order valence-electron chi connectivity index (χ2n) is 4.46. The Kier molecular flexibility index (Phi) is 3.21. The van der Waals surface area contributed by atoms with E-state index < -0.39 is 0 Å². The summed E-state index contributed by atoms with van der Waals surface area (Å²) in [5, 5.41) is 3.97. The van der Waals surface area contributed by atoms with Crippen molar-refractivity contribution in [3.8, 4) is 0 Å². The lowest BCUT2D eigenvalue weighted by Crippen LogP contribution is -2.33. The van der Waals surface area contributed by atoms with Crippen LogP contribution in [0.2, 0.25) is 5.28 Å². The van der Waals surface area contributed by atoms with Crippen molar-refractivity contribution in [3.63, 3.8) is 0 Å². The van der Waals surface area contributed by atoms with Crippen LogP contribution in [0.1, 0.15) is 6.42 Å². The number of amides is 1. The normalized spacial score (nSPS) is 16.3. The van der Waals surface area contributed by atoms with Crippen LogP contribution in [0.15, 0.2) is 24.3 Å². The van der Waals surface area contributed by atoms with E-state index >= 15 is 0 Å². The van der Waals surface area contributed by atoms with E-state index in [0.29, 0.717) is 13.1 Å². The first-order valence-corrected chi connectivity index (χ1v) is 6.56. The van der Waals surface area contributed by atoms with Crippen molar-refractivity contribution in [1.29, 1.82) is 0 Å². The maximum absolute atomic E-state index is 11.7. The van der Waals surface area contributed by atoms with Crippen LogP contribution in [-0.2, 0) is 4.79 Å². The number of halogens is 1. The number of fused-ring (bicyclic) bond motifs is 1. The molecule has 0 spiro atoms. The first kappa shape index (κ1) is 12.2. The minimum absolute atomic E-state index is 0.0105. The minimum atomic E-state index is 0.0105. The molecule has 1 N–H and O–H groups in total. The summed E-state index contributed by atoms with van der Waals surface area (Å²) in [5.41, 5.74) is 0.794. The number of hydrogen-bond acceptors (Lipinski definition) is 4. The summed E-state index contributed by atoms with van der Waals surface area (Å²) >= 11 is 5.97. The third-order valence-corrected chi connectivity index (χ3v) is 3.29. The first-order chi connectivity index (χ1) is 9.24. The summed E-state index contributed by atoms with van der Waals surface area (Å²) < 4.78 is 0. The van der Waals surface area contributed by atoms with Crippen molar-refractivity contribution in [2.45, 2.75) is 6.42 Å². The number of benzene rings is 1. The van der Waals surface area contributed by atoms with Gasteiger partial charge in [-0.1, -0.05) is 12.1 Å². The van der Waals surface area contributed by atoms with Gasteiger partial charge in [-0.15, -0.1) is 0 Å². The van der Waals surface area contributed by atoms with Crippen LogP contribution in [0.5, 0.6) is 0 Å². The van der Waals surface area contributed by atoms with Crippen LogP contribution in [0.3, 0.4) is 0 Å². The van der Waals surface area contributed by atoms with Crippen LogP contribution >= 0.6 is 11.6 Å². The number of aromatic nitrogens is 2. The summed E-state index contributed by atoms with van der Waals surface area (Å²) in [6.07, 6.45) is 0.891. The fourth-order valence-electron chi connectivity index (χ4n) is 2.26. The highest BCUT2D eigenvalue weighted by Crippen LogP contribution is 2.25. The predicted octanol–water partition coefficient (Wildman–Crippen LogP) is 1.61. The van der Waals surface area contributed by atoms with E-state index in [4.69, 9.17) is 11.6 Å². The monoisotopic (exact) mass is 276 g/mol. The number of anilines is 1. The first-order valence-electron chi connectivity index (χ1n) is 6.18. The Labute approximate surface area is 115 Å². The molecule has 19 heavy (non-hydrogen) atoms. The van der Waals surface area contributed by atoms with Gasteiger partial charge in [0, 0.05) is 18.5 Å². The lowest BCUT2D eigenvalue weighted by atomic mass is 10.2. The summed E-state index contributed by atoms with van der Waals surface area (Å²) in [6, 6.07) is 7.68. The van der Waals surface area contributed by atoms with Gasteiger partial charge < -0.3 is 10.2 Å². The molecule has 0 unspecified atom stereocenters. The van der Waals surface area contributed by atoms with Gasteiger partial charge in [0.15, 0.2) is 0 Å². The van der Waals surface area contributed by atoms with E-state index in [1.807, 2.05) is 29.2 Å². The zero-order chi connectivity index (χ0) is 13.2. The Hall–Kier alpha value is -1.88. The van der Waals surface area contributed by atoms with Crippen molar-refractivity contribution < 1.29 is 4.79 Å². The van der Waals surface area contributed by atoms with Gasteiger partial charge >= 0.3 is 0 Å². The van der Waals surface area contributed by atoms with Crippen LogP contribution < -0.4 is 10.2 Å². The van der Waals surface area contributed by atoms with E-state index in [2.05, 4.69) is 15.3 Å². The molecule has 5 nitrogen and oxygen atoms in total. The van der Waals surface area contributed by atoms with E-state index in [1.165, 1.54) is 0 Å². The molecule has 1 aliphatic rings. The lowest BCUT2D eigenvalue weighted by molar-refractivity contribution is -0.119. The highest BCUT2D eigenvalue weighted by atomic mass is 35.5. The molecule has 3 rings (SSSR count). The average Bonchev–Trinajstić information content (AvgIpc) is 2.62. The molecule has 0 bridgehead atoms. The second-order valence-corrected chi connectivity index (χ2v) is 4.80. The lowest BCUT2D eigenvalue weighted by Gasteiger charge is -2.21. The third kappa shape index (κ3) is 2.46. The second kappa shape index (κ2) is 5.01. The highest BCUT2D eigenvalue weighted by Gasteiger charge is 2.19. The van der Waals surface area contributed by atoms with Crippen LogP contribution in [-0.4, -0.2) is 35.5 Å². The number of rotatable bonds is 1. The number of hydrogen-bond donors (Lipinski definition) is 1. The van der Waals surface area contributed by atoms with Crippen molar-refractivity contribution in [2.75, 3.05) is 24.5 Å². The Morgan fingerprint density at radius 2 is 2.11 bits per heavy atom. The van der Waals surface area contributed by atoms with Crippen molar-refractivity contribution in [1.82, 2.24) is 15.3 Å². The van der Waals surface area contributed by atoms with E-state index in [1.54, 1.807) is 0 Å². The summed E-state index contributed by atoms with van der Waals surface area (Å²) in [7, 11) is 0. The van der Waals surface area contributed by atoms with Gasteiger partial charge in [-0.2, -0.15) is 4.98 Å². The maximum atomic E-state index is 11.7. The fourth-order valence-corrected chi connectivity index (χ4v) is 2.43. The van der Waals surface area contributed by atoms with Gasteiger partial charge in [-0.05, 0) is 30.2 Å². The Balaban J connectivity index is 2.10. The number of para-hydroxylation sites is 1. The molecular formula is C13H13ClN4O. The SMILES string of the molecule is O=C1CN(c2nc(Cl)nc3ccccc23)CCCN1. The molecule has 1 amide bonds. The molecule has 1 aliphatic heterocycles. The molecule has 1 saturated heterocycles. The standard InChI is InChI=1S/C13H13ClN4O/c14-13-16-10-5-2-1-4-9(10)12(17-13)18-7-3-6-15-11(19)8-18/h1-2,4-5H,3,6-8H2,(H,15,19). The molecule has 0 atom stereocenters. The fraction of sp³-hybridized carbons (Fsp3) is 0.308. The number of carbonyl (C=O) groups excluding carboxylic acids is 1. The number of nitrogens with zero attached hydrogens (tertiary/aromatic N) is 3. The van der Waals surface area contributed by atoms with Gasteiger partial charge in [-0.3, -0.25) is 4.79 Å². The topological polar surface area (TPSA) is 58.1 Å². The summed E-state index contributed by atoms with van der Waals surface area (Å²) in [5.74, 6) is 0.740. The smallest absolute Gasteiger partial charge is 0.239 e. The average molecular weight is 277 g/mol. The van der Waals surface area contributed by atoms with Crippen LogP contribution in [0.4, 0.5) is 5.82 Å². The van der Waals surface area contributed by atoms with E-state index in [-0.39, 0.29) is 11.2 Å². The largest absolute Gasteiger partial charge is 0.354 e. The molecule has 0 radical (unpaired) electrons. The quantitative estimate of drug-likeness (QED) is 0.804. The highest BCUT2D eigenvalue weighted by molar-refractivity contribution is 6.28. The van der Waals surface area contributed by atoms with Crippen molar-refractivity contribution >= 4 is 34.2 Å². The molecule has 6 heteroatoms. The molecule has 1 fully saturated rings. The van der Waals surface area contributed by atoms with Gasteiger partial charge in [0.1, 0.15) is 5.82 Å². The zero-order valence-corrected chi connectivity index (χ0v) is 11.0. The molecule has 1 aromatic carbocycles. The molecule has 2 aromatic rings. The van der Waals surface area contributed by atoms with Crippen LogP contribution in [0.25, 0.3) is 10.9 Å². The molecular weight excluding hydrogens is 264 g/mol. The molecule has 0 aliphatic carbocycles. The van der Waals surface area contributed by atoms with Gasteiger partial charge in [-0.25, -0.2) is 4.98 Å². The van der Waals surface area contributed by atoms with Crippen molar-refractivity contribution in [2.24, 2.45) is 0 Å². The summed E-state index contributed by atoms with van der Waals surface area (Å²) in [4.78, 5) is 22.1. The molecule has 0 saturated carbocycles.